The Labute approximate surface area is 180 Å². The van der Waals surface area contributed by atoms with Gasteiger partial charge in [0.05, 0.1) is 12.7 Å². The molecule has 5 nitrogen and oxygen atoms in total. The van der Waals surface area contributed by atoms with Gasteiger partial charge in [-0.25, -0.2) is 0 Å². The van der Waals surface area contributed by atoms with Crippen LogP contribution in [0.25, 0.3) is 0 Å². The number of hydrogen-bond acceptors (Lipinski definition) is 6. The van der Waals surface area contributed by atoms with Gasteiger partial charge in [-0.05, 0) is 43.7 Å². The van der Waals surface area contributed by atoms with Crippen LogP contribution in [0.2, 0.25) is 5.02 Å². The minimum Gasteiger partial charge on any atom is -0.389 e. The van der Waals surface area contributed by atoms with E-state index in [0.717, 1.165) is 10.5 Å². The number of rotatable bonds is 7. The minimum absolute atomic E-state index is 0.381. The highest BCUT2D eigenvalue weighted by atomic mass is 35.5. The molecule has 0 amide bonds. The van der Waals surface area contributed by atoms with E-state index in [1.54, 1.807) is 11.8 Å². The Morgan fingerprint density at radius 3 is 2.55 bits per heavy atom. The van der Waals surface area contributed by atoms with E-state index < -0.39 is 30.4 Å². The second kappa shape index (κ2) is 8.94. The Morgan fingerprint density at radius 2 is 1.83 bits per heavy atom. The van der Waals surface area contributed by atoms with Gasteiger partial charge in [0.2, 0.25) is 0 Å². The number of fused-ring (bicyclic) bond motifs is 1. The van der Waals surface area contributed by atoms with Crippen LogP contribution in [0.5, 0.6) is 0 Å². The highest BCUT2D eigenvalue weighted by molar-refractivity contribution is 7.99. The molecule has 7 heteroatoms. The molecule has 0 aliphatic carbocycles. The molecule has 4 rings (SSSR count). The third-order valence-electron chi connectivity index (χ3n) is 4.93. The molecule has 2 aliphatic rings. The van der Waals surface area contributed by atoms with Crippen LogP contribution in [0, 0.1) is 0 Å². The molecule has 156 valence electrons. The average Bonchev–Trinajstić information content (AvgIpc) is 3.18. The number of hydrogen-bond donors (Lipinski definition) is 1. The Morgan fingerprint density at radius 1 is 1.10 bits per heavy atom. The van der Waals surface area contributed by atoms with Gasteiger partial charge in [-0.3, -0.25) is 0 Å². The van der Waals surface area contributed by atoms with Crippen molar-refractivity contribution in [2.24, 2.45) is 0 Å². The van der Waals surface area contributed by atoms with Crippen LogP contribution in [0.1, 0.15) is 19.4 Å². The fraction of sp³-hybridized carbons (Fsp3) is 0.455. The van der Waals surface area contributed by atoms with E-state index in [2.05, 4.69) is 0 Å². The molecular weight excluding hydrogens is 412 g/mol. The van der Waals surface area contributed by atoms with Gasteiger partial charge in [0.15, 0.2) is 12.1 Å². The fourth-order valence-corrected chi connectivity index (χ4v) is 4.58. The van der Waals surface area contributed by atoms with Crippen LogP contribution in [0.3, 0.4) is 0 Å². The van der Waals surface area contributed by atoms with E-state index in [1.165, 1.54) is 0 Å². The van der Waals surface area contributed by atoms with Crippen molar-refractivity contribution in [3.8, 4) is 0 Å². The van der Waals surface area contributed by atoms with E-state index in [-0.39, 0.29) is 6.10 Å². The summed E-state index contributed by atoms with van der Waals surface area (Å²) in [6, 6.07) is 17.5. The molecular formula is C22H25ClO5S. The molecule has 29 heavy (non-hydrogen) atoms. The van der Waals surface area contributed by atoms with Crippen molar-refractivity contribution in [2.45, 2.75) is 61.8 Å². The molecule has 1 N–H and O–H groups in total. The number of aliphatic hydroxyl groups is 1. The largest absolute Gasteiger partial charge is 0.389 e. The topological polar surface area (TPSA) is 57.2 Å². The van der Waals surface area contributed by atoms with Gasteiger partial charge in [-0.1, -0.05) is 41.9 Å². The molecule has 0 spiro atoms. The van der Waals surface area contributed by atoms with E-state index in [0.29, 0.717) is 17.4 Å². The number of thioether (sulfide) groups is 1. The molecule has 2 aromatic carbocycles. The van der Waals surface area contributed by atoms with E-state index in [4.69, 9.17) is 30.5 Å². The SMILES string of the molecule is CC1(C)O[C@H]2O[C@H]([C@H](O)CSc3ccc(Cl)cc3)[C@@H](OCc3ccccc3)[C@H]2O1. The number of benzene rings is 2. The summed E-state index contributed by atoms with van der Waals surface area (Å²) in [7, 11) is 0. The summed E-state index contributed by atoms with van der Waals surface area (Å²) in [6.07, 6.45) is -2.63. The molecule has 0 saturated carbocycles. The molecule has 2 fully saturated rings. The Bertz CT molecular complexity index is 801. The third-order valence-corrected chi connectivity index (χ3v) is 6.29. The van der Waals surface area contributed by atoms with Gasteiger partial charge in [0.1, 0.15) is 18.3 Å². The Hall–Kier alpha value is -1.12. The van der Waals surface area contributed by atoms with Crippen molar-refractivity contribution in [1.82, 2.24) is 0 Å². The summed E-state index contributed by atoms with van der Waals surface area (Å²) in [5.74, 6) is -0.280. The predicted octanol–water partition coefficient (Wildman–Crippen LogP) is 4.25. The predicted molar refractivity (Wildman–Crippen MR) is 112 cm³/mol. The van der Waals surface area contributed by atoms with Crippen molar-refractivity contribution in [3.05, 3.63) is 65.2 Å². The van der Waals surface area contributed by atoms with Gasteiger partial charge < -0.3 is 24.1 Å². The maximum absolute atomic E-state index is 10.9. The summed E-state index contributed by atoms with van der Waals surface area (Å²) in [5.41, 5.74) is 1.05. The van der Waals surface area contributed by atoms with Crippen molar-refractivity contribution < 1.29 is 24.1 Å². The maximum Gasteiger partial charge on any atom is 0.190 e. The third kappa shape index (κ3) is 5.14. The van der Waals surface area contributed by atoms with Crippen LogP contribution in [0.15, 0.2) is 59.5 Å². The van der Waals surface area contributed by atoms with Gasteiger partial charge in [0, 0.05) is 15.7 Å². The van der Waals surface area contributed by atoms with Crippen molar-refractivity contribution >= 4 is 23.4 Å². The Kier molecular flexibility index (Phi) is 6.51. The zero-order chi connectivity index (χ0) is 20.4. The van der Waals surface area contributed by atoms with Crippen LogP contribution in [-0.4, -0.2) is 47.4 Å². The van der Waals surface area contributed by atoms with Gasteiger partial charge in [0.25, 0.3) is 0 Å². The van der Waals surface area contributed by atoms with Gasteiger partial charge in [-0.2, -0.15) is 0 Å². The van der Waals surface area contributed by atoms with Crippen molar-refractivity contribution in [2.75, 3.05) is 5.75 Å². The smallest absolute Gasteiger partial charge is 0.190 e. The van der Waals surface area contributed by atoms with E-state index in [1.807, 2.05) is 68.4 Å². The van der Waals surface area contributed by atoms with Gasteiger partial charge >= 0.3 is 0 Å². The lowest BCUT2D eigenvalue weighted by Crippen LogP contribution is -2.43. The van der Waals surface area contributed by atoms with Crippen LogP contribution < -0.4 is 0 Å². The van der Waals surface area contributed by atoms with E-state index >= 15 is 0 Å². The quantitative estimate of drug-likeness (QED) is 0.654. The molecule has 0 radical (unpaired) electrons. The molecule has 0 aromatic heterocycles. The zero-order valence-electron chi connectivity index (χ0n) is 16.4. The number of halogens is 1. The highest BCUT2D eigenvalue weighted by Crippen LogP contribution is 2.40. The highest BCUT2D eigenvalue weighted by Gasteiger charge is 2.57. The maximum atomic E-state index is 10.9. The summed E-state index contributed by atoms with van der Waals surface area (Å²) in [6.45, 7) is 4.12. The lowest BCUT2D eigenvalue weighted by atomic mass is 10.1. The molecule has 2 aliphatic heterocycles. The molecule has 2 heterocycles. The molecule has 0 unspecified atom stereocenters. The first-order valence-electron chi connectivity index (χ1n) is 9.64. The molecule has 2 saturated heterocycles. The van der Waals surface area contributed by atoms with E-state index in [9.17, 15) is 5.11 Å². The Balaban J connectivity index is 1.42. The molecule has 2 aromatic rings. The zero-order valence-corrected chi connectivity index (χ0v) is 17.9. The second-order valence-electron chi connectivity index (χ2n) is 7.66. The van der Waals surface area contributed by atoms with Crippen molar-refractivity contribution in [3.63, 3.8) is 0 Å². The lowest BCUT2D eigenvalue weighted by molar-refractivity contribution is -0.228. The van der Waals surface area contributed by atoms with Crippen molar-refractivity contribution in [1.29, 1.82) is 0 Å². The number of ether oxygens (including phenoxy) is 4. The summed E-state index contributed by atoms with van der Waals surface area (Å²) >= 11 is 7.48. The number of aliphatic hydroxyl groups excluding tert-OH is 1. The molecule has 5 atom stereocenters. The summed E-state index contributed by atoms with van der Waals surface area (Å²) in [4.78, 5) is 1.03. The van der Waals surface area contributed by atoms with Crippen LogP contribution >= 0.6 is 23.4 Å². The first kappa shape index (κ1) is 21.1. The fourth-order valence-electron chi connectivity index (χ4n) is 3.58. The normalized spacial score (nSPS) is 29.0. The second-order valence-corrected chi connectivity index (χ2v) is 9.19. The van der Waals surface area contributed by atoms with Crippen LogP contribution in [-0.2, 0) is 25.6 Å². The van der Waals surface area contributed by atoms with Crippen LogP contribution in [0.4, 0.5) is 0 Å². The monoisotopic (exact) mass is 436 g/mol. The first-order valence-corrected chi connectivity index (χ1v) is 11.0. The minimum atomic E-state index is -0.739. The first-order chi connectivity index (χ1) is 13.9. The molecule has 0 bridgehead atoms. The van der Waals surface area contributed by atoms with Gasteiger partial charge in [-0.15, -0.1) is 11.8 Å². The summed E-state index contributed by atoms with van der Waals surface area (Å²) in [5, 5.41) is 11.5. The summed E-state index contributed by atoms with van der Waals surface area (Å²) < 4.78 is 24.1. The lowest BCUT2D eigenvalue weighted by Gasteiger charge is -2.28. The average molecular weight is 437 g/mol. The standard InChI is InChI=1S/C22H25ClO5S/c1-22(2)27-20-19(25-12-14-6-4-3-5-7-14)18(26-21(20)28-22)17(24)13-29-16-10-8-15(23)9-11-16/h3-11,17-21,24H,12-13H2,1-2H3/t17-,18-,19-,20-,21-/m1/s1.